The van der Waals surface area contributed by atoms with Crippen LogP contribution in [0.25, 0.3) is 0 Å². The average Bonchev–Trinajstić information content (AvgIpc) is 2.43. The summed E-state index contributed by atoms with van der Waals surface area (Å²) in [7, 11) is 0. The summed E-state index contributed by atoms with van der Waals surface area (Å²) in [5.74, 6) is -1.38. The van der Waals surface area contributed by atoms with Crippen molar-refractivity contribution < 1.29 is 18.7 Å². The summed E-state index contributed by atoms with van der Waals surface area (Å²) in [6.45, 7) is 2.10. The summed E-state index contributed by atoms with van der Waals surface area (Å²) in [5, 5.41) is 9.55. The van der Waals surface area contributed by atoms with E-state index in [4.69, 9.17) is 0 Å². The van der Waals surface area contributed by atoms with Gasteiger partial charge in [-0.2, -0.15) is 0 Å². The molecule has 0 atom stereocenters. The predicted molar refractivity (Wildman–Crippen MR) is 72.4 cm³/mol. The fourth-order valence-corrected chi connectivity index (χ4v) is 3.15. The quantitative estimate of drug-likeness (QED) is 0.899. The molecule has 0 spiro atoms. The van der Waals surface area contributed by atoms with Crippen LogP contribution < -0.4 is 0 Å². The van der Waals surface area contributed by atoms with Gasteiger partial charge in [-0.3, -0.25) is 4.79 Å². The third kappa shape index (κ3) is 3.00. The van der Waals surface area contributed by atoms with Crippen LogP contribution in [0.3, 0.4) is 0 Å². The summed E-state index contributed by atoms with van der Waals surface area (Å²) >= 11 is 0. The van der Waals surface area contributed by atoms with Gasteiger partial charge in [-0.15, -0.1) is 0 Å². The van der Waals surface area contributed by atoms with E-state index in [1.54, 1.807) is 0 Å². The minimum Gasteiger partial charge on any atom is -0.481 e. The standard InChI is InChI=1S/C16H20F2O2/c1-2-11-5-7-16(8-6-11,15(19)20)10-12-9-13(17)3-4-14(12)18/h3-4,9,11H,2,5-8,10H2,1H3,(H,19,20). The Morgan fingerprint density at radius 3 is 2.55 bits per heavy atom. The maximum atomic E-state index is 13.7. The molecule has 0 amide bonds. The Hall–Kier alpha value is -1.45. The summed E-state index contributed by atoms with van der Waals surface area (Å²) in [4.78, 5) is 11.7. The van der Waals surface area contributed by atoms with E-state index in [1.807, 2.05) is 0 Å². The predicted octanol–water partition coefficient (Wildman–Crippen LogP) is 4.18. The molecular weight excluding hydrogens is 262 g/mol. The highest BCUT2D eigenvalue weighted by Gasteiger charge is 2.42. The fourth-order valence-electron chi connectivity index (χ4n) is 3.15. The van der Waals surface area contributed by atoms with Gasteiger partial charge in [0, 0.05) is 0 Å². The van der Waals surface area contributed by atoms with Gasteiger partial charge in [-0.25, -0.2) is 8.78 Å². The highest BCUT2D eigenvalue weighted by Crippen LogP contribution is 2.43. The second-order valence-electron chi connectivity index (χ2n) is 5.85. The molecule has 1 aliphatic carbocycles. The third-order valence-electron chi connectivity index (χ3n) is 4.63. The second kappa shape index (κ2) is 5.90. The van der Waals surface area contributed by atoms with E-state index in [2.05, 4.69) is 6.92 Å². The van der Waals surface area contributed by atoms with E-state index < -0.39 is 23.0 Å². The van der Waals surface area contributed by atoms with Gasteiger partial charge < -0.3 is 5.11 Å². The topological polar surface area (TPSA) is 37.3 Å². The maximum absolute atomic E-state index is 13.7. The van der Waals surface area contributed by atoms with E-state index in [1.165, 1.54) is 0 Å². The minimum absolute atomic E-state index is 0.0718. The molecule has 4 heteroatoms. The van der Waals surface area contributed by atoms with Crippen LogP contribution in [0.4, 0.5) is 8.78 Å². The lowest BCUT2D eigenvalue weighted by Crippen LogP contribution is -2.37. The largest absolute Gasteiger partial charge is 0.481 e. The van der Waals surface area contributed by atoms with Crippen LogP contribution >= 0.6 is 0 Å². The number of aliphatic carboxylic acids is 1. The van der Waals surface area contributed by atoms with Gasteiger partial charge in [-0.1, -0.05) is 13.3 Å². The molecule has 2 rings (SSSR count). The Balaban J connectivity index is 2.22. The van der Waals surface area contributed by atoms with Crippen LogP contribution in [0.1, 0.15) is 44.6 Å². The van der Waals surface area contributed by atoms with Crippen molar-refractivity contribution in [2.24, 2.45) is 11.3 Å². The Labute approximate surface area is 117 Å². The molecule has 1 aliphatic rings. The first kappa shape index (κ1) is 14.9. The van der Waals surface area contributed by atoms with E-state index in [-0.39, 0.29) is 12.0 Å². The first-order valence-corrected chi connectivity index (χ1v) is 7.14. The molecule has 0 heterocycles. The highest BCUT2D eigenvalue weighted by atomic mass is 19.1. The SMILES string of the molecule is CCC1CCC(Cc2cc(F)ccc2F)(C(=O)O)CC1. The van der Waals surface area contributed by atoms with Crippen molar-refractivity contribution in [2.75, 3.05) is 0 Å². The van der Waals surface area contributed by atoms with Crippen LogP contribution in [0, 0.1) is 23.0 Å². The average molecular weight is 282 g/mol. The van der Waals surface area contributed by atoms with Crippen LogP contribution in [0.2, 0.25) is 0 Å². The number of hydrogen-bond donors (Lipinski definition) is 1. The van der Waals surface area contributed by atoms with Gasteiger partial charge in [0.25, 0.3) is 0 Å². The molecule has 0 saturated heterocycles. The molecule has 2 nitrogen and oxygen atoms in total. The van der Waals surface area contributed by atoms with Crippen molar-refractivity contribution in [3.8, 4) is 0 Å². The molecule has 0 aliphatic heterocycles. The Bertz CT molecular complexity index is 491. The van der Waals surface area contributed by atoms with Crippen LogP contribution in [0.15, 0.2) is 18.2 Å². The first-order valence-electron chi connectivity index (χ1n) is 7.14. The van der Waals surface area contributed by atoms with Crippen LogP contribution in [-0.4, -0.2) is 11.1 Å². The van der Waals surface area contributed by atoms with Crippen molar-refractivity contribution in [1.82, 2.24) is 0 Å². The van der Waals surface area contributed by atoms with Crippen LogP contribution in [0.5, 0.6) is 0 Å². The van der Waals surface area contributed by atoms with E-state index >= 15 is 0 Å². The highest BCUT2D eigenvalue weighted by molar-refractivity contribution is 5.75. The van der Waals surface area contributed by atoms with E-state index in [0.717, 1.165) is 37.5 Å². The van der Waals surface area contributed by atoms with Gasteiger partial charge in [0.15, 0.2) is 0 Å². The number of carbonyl (C=O) groups is 1. The van der Waals surface area contributed by atoms with Gasteiger partial charge in [0.2, 0.25) is 0 Å². The van der Waals surface area contributed by atoms with Gasteiger partial charge in [0.1, 0.15) is 11.6 Å². The zero-order valence-corrected chi connectivity index (χ0v) is 11.7. The Morgan fingerprint density at radius 2 is 2.00 bits per heavy atom. The molecular formula is C16H20F2O2. The Kier molecular flexibility index (Phi) is 4.41. The van der Waals surface area contributed by atoms with Crippen molar-refractivity contribution in [1.29, 1.82) is 0 Å². The lowest BCUT2D eigenvalue weighted by molar-refractivity contribution is -0.151. The maximum Gasteiger partial charge on any atom is 0.309 e. The van der Waals surface area contributed by atoms with Gasteiger partial charge in [0.05, 0.1) is 5.41 Å². The van der Waals surface area contributed by atoms with Crippen LogP contribution in [-0.2, 0) is 11.2 Å². The molecule has 1 aromatic carbocycles. The molecule has 0 bridgehead atoms. The minimum atomic E-state index is -0.944. The first-order chi connectivity index (χ1) is 9.47. The van der Waals surface area contributed by atoms with Crippen molar-refractivity contribution in [2.45, 2.75) is 45.4 Å². The molecule has 1 fully saturated rings. The lowest BCUT2D eigenvalue weighted by atomic mass is 9.67. The molecule has 20 heavy (non-hydrogen) atoms. The summed E-state index contributed by atoms with van der Waals surface area (Å²) in [6, 6.07) is 3.24. The van der Waals surface area contributed by atoms with E-state index in [0.29, 0.717) is 18.8 Å². The molecule has 1 saturated carbocycles. The molecule has 0 radical (unpaired) electrons. The normalized spacial score (nSPS) is 26.4. The summed E-state index contributed by atoms with van der Waals surface area (Å²) in [5.41, 5.74) is -0.775. The number of hydrogen-bond acceptors (Lipinski definition) is 1. The molecule has 1 N–H and O–H groups in total. The second-order valence-corrected chi connectivity index (χ2v) is 5.85. The molecule has 0 unspecified atom stereocenters. The van der Waals surface area contributed by atoms with Crippen molar-refractivity contribution in [3.63, 3.8) is 0 Å². The van der Waals surface area contributed by atoms with Crippen molar-refractivity contribution >= 4 is 5.97 Å². The number of carboxylic acids is 1. The molecule has 110 valence electrons. The number of carboxylic acid groups (broad SMARTS) is 1. The number of benzene rings is 1. The fraction of sp³-hybridized carbons (Fsp3) is 0.562. The summed E-state index contributed by atoms with van der Waals surface area (Å²) in [6.07, 6.45) is 3.89. The molecule has 0 aromatic heterocycles. The lowest BCUT2D eigenvalue weighted by Gasteiger charge is -2.36. The molecule has 1 aromatic rings. The zero-order chi connectivity index (χ0) is 14.8. The number of rotatable bonds is 4. The smallest absolute Gasteiger partial charge is 0.309 e. The van der Waals surface area contributed by atoms with Gasteiger partial charge >= 0.3 is 5.97 Å². The van der Waals surface area contributed by atoms with Gasteiger partial charge in [-0.05, 0) is 61.8 Å². The number of halogens is 2. The monoisotopic (exact) mass is 282 g/mol. The Morgan fingerprint density at radius 1 is 1.35 bits per heavy atom. The third-order valence-corrected chi connectivity index (χ3v) is 4.63. The summed E-state index contributed by atoms with van der Waals surface area (Å²) < 4.78 is 27.0. The van der Waals surface area contributed by atoms with E-state index in [9.17, 15) is 18.7 Å². The van der Waals surface area contributed by atoms with Crippen molar-refractivity contribution in [3.05, 3.63) is 35.4 Å². The zero-order valence-electron chi connectivity index (χ0n) is 11.7.